The molecule has 67 heavy (non-hydrogen) atoms. The zero-order valence-corrected chi connectivity index (χ0v) is 37.8. The minimum absolute atomic E-state index is 0.0102. The Morgan fingerprint density at radius 1 is 0.746 bits per heavy atom. The molecule has 5 fully saturated rings. The maximum atomic E-state index is 13.7. The second kappa shape index (κ2) is 19.6. The van der Waals surface area contributed by atoms with Gasteiger partial charge >= 0.3 is 0 Å². The lowest BCUT2D eigenvalue weighted by atomic mass is 9.57. The fraction of sp³-hybridized carbons (Fsp3) is 0.471. The number of piperidine rings is 3. The van der Waals surface area contributed by atoms with Gasteiger partial charge in [-0.15, -0.1) is 0 Å². The molecule has 2 aromatic carbocycles. The third-order valence-corrected chi connectivity index (χ3v) is 14.9. The Morgan fingerprint density at radius 3 is 2.09 bits per heavy atom. The van der Waals surface area contributed by atoms with Crippen molar-refractivity contribution < 1.29 is 38.4 Å². The summed E-state index contributed by atoms with van der Waals surface area (Å²) in [5.41, 5.74) is 3.18. The standard InChI is InChI=1S/C51H58N8O8/c60-42(15-9-35-6-4-21-52-33-35)53-22-2-1-5-34-17-23-56(24-18-34)46(63)36-10-12-37(13-11-36)47(64)57-25-19-51(20-26-57)31-38(32-51)48(65)58-29-27-55(28-30-58)40-8-3-7-39-44(40)50(67)59(49(39)66)41-14-16-43(61)54-45(41)62/h3-4,6-13,15,21,33-34,38,41H,1-2,5,14,16-20,22-32H2,(H,53,60)(H,54,61,62)/b15-9+. The molecule has 5 aliphatic heterocycles. The quantitative estimate of drug-likeness (QED) is 0.151. The molecule has 9 rings (SSSR count). The number of amides is 8. The van der Waals surface area contributed by atoms with E-state index in [1.54, 1.807) is 60.9 Å². The molecule has 1 atom stereocenters. The van der Waals surface area contributed by atoms with Gasteiger partial charge in [-0.1, -0.05) is 25.0 Å². The molecule has 6 heterocycles. The molecule has 1 unspecified atom stereocenters. The number of likely N-dealkylation sites (tertiary alicyclic amines) is 2. The maximum Gasteiger partial charge on any atom is 0.264 e. The second-order valence-electron chi connectivity index (χ2n) is 19.1. The molecule has 350 valence electrons. The van der Waals surface area contributed by atoms with E-state index in [2.05, 4.69) is 15.6 Å². The van der Waals surface area contributed by atoms with Crippen LogP contribution in [0, 0.1) is 17.3 Å². The van der Waals surface area contributed by atoms with E-state index in [9.17, 15) is 38.4 Å². The van der Waals surface area contributed by atoms with Crippen molar-refractivity contribution in [3.63, 3.8) is 0 Å². The summed E-state index contributed by atoms with van der Waals surface area (Å²) >= 11 is 0. The van der Waals surface area contributed by atoms with Crippen LogP contribution in [0.1, 0.15) is 118 Å². The largest absolute Gasteiger partial charge is 0.367 e. The van der Waals surface area contributed by atoms with E-state index >= 15 is 0 Å². The molecular formula is C51H58N8O8. The lowest BCUT2D eigenvalue weighted by Gasteiger charge is -2.52. The zero-order chi connectivity index (χ0) is 46.7. The third-order valence-electron chi connectivity index (χ3n) is 14.9. The number of unbranched alkanes of at least 4 members (excludes halogenated alkanes) is 1. The van der Waals surface area contributed by atoms with E-state index in [4.69, 9.17) is 0 Å². The summed E-state index contributed by atoms with van der Waals surface area (Å²) in [6, 6.07) is 14.9. The van der Waals surface area contributed by atoms with Crippen molar-refractivity contribution in [1.29, 1.82) is 0 Å². The van der Waals surface area contributed by atoms with Crippen LogP contribution >= 0.6 is 0 Å². The number of rotatable bonds is 12. The number of hydrogen-bond donors (Lipinski definition) is 2. The van der Waals surface area contributed by atoms with Crippen LogP contribution in [-0.2, 0) is 19.2 Å². The van der Waals surface area contributed by atoms with Gasteiger partial charge in [-0.3, -0.25) is 53.6 Å². The van der Waals surface area contributed by atoms with Crippen LogP contribution in [0.25, 0.3) is 6.08 Å². The highest BCUT2D eigenvalue weighted by atomic mass is 16.2. The van der Waals surface area contributed by atoms with Gasteiger partial charge in [-0.25, -0.2) is 0 Å². The van der Waals surface area contributed by atoms with Gasteiger partial charge in [0.2, 0.25) is 23.6 Å². The number of benzene rings is 2. The van der Waals surface area contributed by atoms with Gasteiger partial charge in [0.15, 0.2) is 0 Å². The summed E-state index contributed by atoms with van der Waals surface area (Å²) in [6.07, 6.45) is 15.0. The Bertz CT molecular complexity index is 2440. The summed E-state index contributed by atoms with van der Waals surface area (Å²) in [4.78, 5) is 117. The minimum Gasteiger partial charge on any atom is -0.367 e. The van der Waals surface area contributed by atoms with Gasteiger partial charge in [0.25, 0.3) is 23.6 Å². The van der Waals surface area contributed by atoms with E-state index in [1.807, 2.05) is 31.7 Å². The first kappa shape index (κ1) is 45.4. The Balaban J connectivity index is 0.672. The molecule has 1 aliphatic carbocycles. The van der Waals surface area contributed by atoms with Crippen molar-refractivity contribution in [2.24, 2.45) is 17.3 Å². The Labute approximate surface area is 390 Å². The number of carbonyl (C=O) groups is 8. The Kier molecular flexibility index (Phi) is 13.3. The van der Waals surface area contributed by atoms with Gasteiger partial charge in [0, 0.05) is 101 Å². The van der Waals surface area contributed by atoms with Crippen molar-refractivity contribution in [2.45, 2.75) is 76.7 Å². The highest BCUT2D eigenvalue weighted by molar-refractivity contribution is 6.25. The highest BCUT2D eigenvalue weighted by Gasteiger charge is 2.50. The number of pyridine rings is 1. The second-order valence-corrected chi connectivity index (χ2v) is 19.1. The fourth-order valence-electron chi connectivity index (χ4n) is 11.0. The molecule has 16 heteroatoms. The summed E-state index contributed by atoms with van der Waals surface area (Å²) in [5.74, 6) is -1.69. The number of nitrogens with zero attached hydrogens (tertiary/aromatic N) is 6. The molecule has 0 bridgehead atoms. The Morgan fingerprint density at radius 2 is 1.43 bits per heavy atom. The average Bonchev–Trinajstić information content (AvgIpc) is 3.60. The fourth-order valence-corrected chi connectivity index (χ4v) is 11.0. The van der Waals surface area contributed by atoms with Gasteiger partial charge in [0.05, 0.1) is 16.8 Å². The van der Waals surface area contributed by atoms with Crippen molar-refractivity contribution in [2.75, 3.05) is 63.8 Å². The number of imide groups is 2. The first-order valence-electron chi connectivity index (χ1n) is 23.9. The van der Waals surface area contributed by atoms with E-state index in [1.165, 1.54) is 6.08 Å². The number of nitrogens with one attached hydrogen (secondary N) is 2. The predicted molar refractivity (Wildman–Crippen MR) is 247 cm³/mol. The molecule has 16 nitrogen and oxygen atoms in total. The number of fused-ring (bicyclic) bond motifs is 1. The molecule has 1 saturated carbocycles. The summed E-state index contributed by atoms with van der Waals surface area (Å²) in [6.45, 7) is 5.23. The topological polar surface area (TPSA) is 190 Å². The van der Waals surface area contributed by atoms with Crippen LogP contribution in [0.3, 0.4) is 0 Å². The van der Waals surface area contributed by atoms with Gasteiger partial charge in [-0.05, 0) is 117 Å². The first-order chi connectivity index (χ1) is 32.5. The predicted octanol–water partition coefficient (Wildman–Crippen LogP) is 4.32. The summed E-state index contributed by atoms with van der Waals surface area (Å²) in [7, 11) is 0. The summed E-state index contributed by atoms with van der Waals surface area (Å²) in [5, 5.41) is 5.18. The van der Waals surface area contributed by atoms with Gasteiger partial charge < -0.3 is 24.9 Å². The molecule has 8 amide bonds. The zero-order valence-electron chi connectivity index (χ0n) is 37.8. The van der Waals surface area contributed by atoms with Crippen LogP contribution in [0.15, 0.2) is 73.1 Å². The molecule has 2 N–H and O–H groups in total. The molecule has 1 aromatic heterocycles. The lowest BCUT2D eigenvalue weighted by molar-refractivity contribution is -0.146. The number of anilines is 1. The number of piperazine rings is 1. The number of carbonyl (C=O) groups excluding carboxylic acids is 8. The van der Waals surface area contributed by atoms with E-state index in [0.717, 1.165) is 68.3 Å². The minimum atomic E-state index is -1.03. The highest BCUT2D eigenvalue weighted by Crippen LogP contribution is 2.53. The van der Waals surface area contributed by atoms with Crippen molar-refractivity contribution in [3.8, 4) is 0 Å². The lowest BCUT2D eigenvalue weighted by Crippen LogP contribution is -2.56. The molecule has 0 radical (unpaired) electrons. The van der Waals surface area contributed by atoms with Gasteiger partial charge in [-0.2, -0.15) is 0 Å². The molecule has 3 aromatic rings. The SMILES string of the molecule is O=C(/C=C/c1cccnc1)NCCCCC1CCN(C(=O)c2ccc(C(=O)N3CCC4(CC3)CC(C(=O)N3CCN(c5cccc6c5C(=O)N(C5CCC(=O)NC5=O)C6=O)CC3)C4)cc2)CC1. The van der Waals surface area contributed by atoms with Crippen LogP contribution in [-0.4, -0.2) is 137 Å². The molecule has 6 aliphatic rings. The number of hydrogen-bond acceptors (Lipinski definition) is 10. The smallest absolute Gasteiger partial charge is 0.264 e. The van der Waals surface area contributed by atoms with E-state index in [0.29, 0.717) is 81.6 Å². The van der Waals surface area contributed by atoms with E-state index in [-0.39, 0.29) is 58.9 Å². The molecule has 4 saturated heterocycles. The van der Waals surface area contributed by atoms with Gasteiger partial charge in [0.1, 0.15) is 6.04 Å². The van der Waals surface area contributed by atoms with Crippen molar-refractivity contribution >= 4 is 59.0 Å². The monoisotopic (exact) mass is 910 g/mol. The van der Waals surface area contributed by atoms with Crippen LogP contribution in [0.4, 0.5) is 5.69 Å². The third kappa shape index (κ3) is 9.75. The van der Waals surface area contributed by atoms with Crippen LogP contribution < -0.4 is 15.5 Å². The van der Waals surface area contributed by atoms with Crippen LogP contribution in [0.5, 0.6) is 0 Å². The first-order valence-corrected chi connectivity index (χ1v) is 23.9. The number of aromatic nitrogens is 1. The Hall–Kier alpha value is -6.71. The van der Waals surface area contributed by atoms with Crippen molar-refractivity contribution in [1.82, 2.24) is 35.2 Å². The maximum absolute atomic E-state index is 13.7. The van der Waals surface area contributed by atoms with Crippen molar-refractivity contribution in [3.05, 3.63) is 101 Å². The molecule has 1 spiro atoms. The van der Waals surface area contributed by atoms with E-state index < -0.39 is 29.7 Å². The summed E-state index contributed by atoms with van der Waals surface area (Å²) < 4.78 is 0. The average molecular weight is 911 g/mol. The normalized spacial score (nSPS) is 21.1. The van der Waals surface area contributed by atoms with Crippen LogP contribution in [0.2, 0.25) is 0 Å². The molecular weight excluding hydrogens is 853 g/mol.